The molecule has 2 N–H and O–H groups in total. The number of furan rings is 1. The van der Waals surface area contributed by atoms with Crippen molar-refractivity contribution in [3.05, 3.63) is 17.9 Å². The maximum absolute atomic E-state index is 12.2. The van der Waals surface area contributed by atoms with Crippen molar-refractivity contribution in [2.75, 3.05) is 26.3 Å². The molecular formula is C13H23N3O4S. The highest BCUT2D eigenvalue weighted by Gasteiger charge is 2.23. The zero-order valence-corrected chi connectivity index (χ0v) is 13.5. The van der Waals surface area contributed by atoms with E-state index in [1.807, 2.05) is 20.8 Å². The molecule has 0 atom stereocenters. The van der Waals surface area contributed by atoms with Gasteiger partial charge in [0.1, 0.15) is 5.76 Å². The lowest BCUT2D eigenvalue weighted by Gasteiger charge is -2.26. The predicted molar refractivity (Wildman–Crippen MR) is 78.0 cm³/mol. The summed E-state index contributed by atoms with van der Waals surface area (Å²) < 4.78 is 35.0. The molecule has 0 saturated carbocycles. The van der Waals surface area contributed by atoms with Gasteiger partial charge < -0.3 is 14.5 Å². The highest BCUT2D eigenvalue weighted by molar-refractivity contribution is 7.89. The number of hydrogen-bond donors (Lipinski definition) is 2. The molecule has 1 aliphatic rings. The lowest BCUT2D eigenvalue weighted by atomic mass is 10.1. The van der Waals surface area contributed by atoms with E-state index in [0.717, 1.165) is 0 Å². The Labute approximate surface area is 125 Å². The number of morpholine rings is 1. The minimum Gasteiger partial charge on any atom is -0.447 e. The second-order valence-electron chi connectivity index (χ2n) is 6.02. The van der Waals surface area contributed by atoms with Gasteiger partial charge in [0, 0.05) is 18.6 Å². The van der Waals surface area contributed by atoms with Crippen LogP contribution in [0.25, 0.3) is 0 Å². The van der Waals surface area contributed by atoms with E-state index in [1.54, 1.807) is 11.1 Å². The van der Waals surface area contributed by atoms with Gasteiger partial charge in [-0.25, -0.2) is 13.4 Å². The SMILES string of the molecule is CC(C)(C)NCc1ccc(S(=O)(=O)NN2CCOCC2)o1. The quantitative estimate of drug-likeness (QED) is 0.831. The topological polar surface area (TPSA) is 83.8 Å². The van der Waals surface area contributed by atoms with E-state index in [1.165, 1.54) is 6.07 Å². The van der Waals surface area contributed by atoms with Crippen molar-refractivity contribution in [2.45, 2.75) is 37.9 Å². The molecule has 0 unspecified atom stereocenters. The predicted octanol–water partition coefficient (Wildman–Crippen LogP) is 0.693. The number of nitrogens with one attached hydrogen (secondary N) is 2. The Morgan fingerprint density at radius 2 is 1.90 bits per heavy atom. The van der Waals surface area contributed by atoms with Crippen LogP contribution in [-0.4, -0.2) is 45.3 Å². The highest BCUT2D eigenvalue weighted by atomic mass is 32.2. The van der Waals surface area contributed by atoms with Crippen LogP contribution < -0.4 is 10.1 Å². The van der Waals surface area contributed by atoms with Gasteiger partial charge in [-0.05, 0) is 32.9 Å². The minimum absolute atomic E-state index is 0.0577. The van der Waals surface area contributed by atoms with E-state index < -0.39 is 10.0 Å². The number of hydrogen-bond acceptors (Lipinski definition) is 6. The Bertz CT molecular complexity index is 556. The largest absolute Gasteiger partial charge is 0.447 e. The lowest BCUT2D eigenvalue weighted by molar-refractivity contribution is 0.0269. The molecule has 2 heterocycles. The van der Waals surface area contributed by atoms with Crippen molar-refractivity contribution < 1.29 is 17.6 Å². The van der Waals surface area contributed by atoms with E-state index >= 15 is 0 Å². The summed E-state index contributed by atoms with van der Waals surface area (Å²) in [5, 5.41) is 4.80. The molecule has 0 amide bonds. The van der Waals surface area contributed by atoms with Gasteiger partial charge in [-0.2, -0.15) is 0 Å². The van der Waals surface area contributed by atoms with Crippen LogP contribution in [0.2, 0.25) is 0 Å². The van der Waals surface area contributed by atoms with Crippen molar-refractivity contribution >= 4 is 10.0 Å². The summed E-state index contributed by atoms with van der Waals surface area (Å²) in [6.07, 6.45) is 0. The summed E-state index contributed by atoms with van der Waals surface area (Å²) in [5.74, 6) is 0.590. The summed E-state index contributed by atoms with van der Waals surface area (Å²) >= 11 is 0. The van der Waals surface area contributed by atoms with Gasteiger partial charge in [0.15, 0.2) is 0 Å². The van der Waals surface area contributed by atoms with E-state index in [-0.39, 0.29) is 10.6 Å². The van der Waals surface area contributed by atoms with E-state index in [2.05, 4.69) is 10.1 Å². The molecule has 1 aliphatic heterocycles. The fourth-order valence-electron chi connectivity index (χ4n) is 1.82. The van der Waals surface area contributed by atoms with Crippen LogP contribution in [0.1, 0.15) is 26.5 Å². The molecule has 0 radical (unpaired) electrons. The zero-order valence-electron chi connectivity index (χ0n) is 12.7. The maximum atomic E-state index is 12.2. The third-order valence-corrected chi connectivity index (χ3v) is 4.20. The molecule has 8 heteroatoms. The van der Waals surface area contributed by atoms with Crippen LogP contribution in [-0.2, 0) is 21.3 Å². The standard InChI is InChI=1S/C13H23N3O4S/c1-13(2,3)14-10-11-4-5-12(20-11)21(17,18)15-16-6-8-19-9-7-16/h4-5,14-15H,6-10H2,1-3H3. The van der Waals surface area contributed by atoms with Gasteiger partial charge in [-0.1, -0.05) is 0 Å². The Hall–Kier alpha value is -0.930. The van der Waals surface area contributed by atoms with Crippen LogP contribution in [0.3, 0.4) is 0 Å². The van der Waals surface area contributed by atoms with Crippen molar-refractivity contribution in [2.24, 2.45) is 0 Å². The van der Waals surface area contributed by atoms with Gasteiger partial charge >= 0.3 is 0 Å². The third-order valence-electron chi connectivity index (χ3n) is 2.96. The fraction of sp³-hybridized carbons (Fsp3) is 0.692. The van der Waals surface area contributed by atoms with Crippen LogP contribution in [0.4, 0.5) is 0 Å². The summed E-state index contributed by atoms with van der Waals surface area (Å²) in [4.78, 5) is 2.51. The molecule has 0 aromatic carbocycles. The first-order valence-electron chi connectivity index (χ1n) is 6.95. The average Bonchev–Trinajstić information content (AvgIpc) is 2.86. The van der Waals surface area contributed by atoms with Crippen molar-refractivity contribution in [1.29, 1.82) is 0 Å². The smallest absolute Gasteiger partial charge is 0.286 e. The van der Waals surface area contributed by atoms with E-state index in [9.17, 15) is 8.42 Å². The summed E-state index contributed by atoms with van der Waals surface area (Å²) in [6, 6.07) is 3.15. The molecule has 1 aromatic rings. The first kappa shape index (κ1) is 16.4. The Balaban J connectivity index is 1.98. The minimum atomic E-state index is -3.67. The average molecular weight is 317 g/mol. The molecular weight excluding hydrogens is 294 g/mol. The van der Waals surface area contributed by atoms with Crippen LogP contribution >= 0.6 is 0 Å². The molecule has 21 heavy (non-hydrogen) atoms. The Kier molecular flexibility index (Phi) is 5.05. The number of nitrogens with zero attached hydrogens (tertiary/aromatic N) is 1. The van der Waals surface area contributed by atoms with Crippen molar-refractivity contribution in [1.82, 2.24) is 15.2 Å². The molecule has 2 rings (SSSR count). The molecule has 1 saturated heterocycles. The number of ether oxygens (including phenoxy) is 1. The highest BCUT2D eigenvalue weighted by Crippen LogP contribution is 2.15. The second-order valence-corrected chi connectivity index (χ2v) is 7.61. The van der Waals surface area contributed by atoms with Gasteiger partial charge in [0.05, 0.1) is 19.8 Å². The van der Waals surface area contributed by atoms with Crippen molar-refractivity contribution in [3.8, 4) is 0 Å². The summed E-state index contributed by atoms with van der Waals surface area (Å²) in [6.45, 7) is 8.67. The Morgan fingerprint density at radius 1 is 1.24 bits per heavy atom. The molecule has 0 spiro atoms. The maximum Gasteiger partial charge on any atom is 0.286 e. The second kappa shape index (κ2) is 6.45. The fourth-order valence-corrected chi connectivity index (χ4v) is 2.90. The first-order chi connectivity index (χ1) is 9.76. The normalized spacial score (nSPS) is 18.0. The van der Waals surface area contributed by atoms with Crippen LogP contribution in [0, 0.1) is 0 Å². The first-order valence-corrected chi connectivity index (χ1v) is 8.43. The lowest BCUT2D eigenvalue weighted by Crippen LogP contribution is -2.48. The van der Waals surface area contributed by atoms with E-state index in [4.69, 9.17) is 9.15 Å². The molecule has 120 valence electrons. The Morgan fingerprint density at radius 3 is 2.52 bits per heavy atom. The van der Waals surface area contributed by atoms with Gasteiger partial charge in [0.25, 0.3) is 10.0 Å². The van der Waals surface area contributed by atoms with Gasteiger partial charge in [0.2, 0.25) is 5.09 Å². The zero-order chi connectivity index (χ0) is 15.5. The molecule has 0 bridgehead atoms. The van der Waals surface area contributed by atoms with Gasteiger partial charge in [-0.15, -0.1) is 4.83 Å². The summed E-state index contributed by atoms with van der Waals surface area (Å²) in [7, 11) is -3.67. The molecule has 0 aliphatic carbocycles. The van der Waals surface area contributed by atoms with E-state index in [0.29, 0.717) is 38.6 Å². The number of hydrazine groups is 1. The van der Waals surface area contributed by atoms with Gasteiger partial charge in [-0.3, -0.25) is 0 Å². The molecule has 7 nitrogen and oxygen atoms in total. The van der Waals surface area contributed by atoms with Crippen LogP contribution in [0.5, 0.6) is 0 Å². The summed E-state index contributed by atoms with van der Waals surface area (Å²) in [5.41, 5.74) is -0.0577. The van der Waals surface area contributed by atoms with Crippen molar-refractivity contribution in [3.63, 3.8) is 0 Å². The monoisotopic (exact) mass is 317 g/mol. The third kappa shape index (κ3) is 5.08. The molecule has 1 fully saturated rings. The number of sulfonamides is 1. The number of rotatable bonds is 5. The molecule has 1 aromatic heterocycles. The van der Waals surface area contributed by atoms with Crippen LogP contribution in [0.15, 0.2) is 21.6 Å².